The lowest BCUT2D eigenvalue weighted by Gasteiger charge is -2.10. The van der Waals surface area contributed by atoms with Gasteiger partial charge in [-0.05, 0) is 72.6 Å². The van der Waals surface area contributed by atoms with E-state index in [-0.39, 0.29) is 5.75 Å². The number of ether oxygens (including phenoxy) is 5. The fraction of sp³-hybridized carbons (Fsp3) is 0.250. The summed E-state index contributed by atoms with van der Waals surface area (Å²) in [6, 6.07) is 16.5. The van der Waals surface area contributed by atoms with Crippen LogP contribution in [0.1, 0.15) is 46.0 Å². The Kier molecular flexibility index (Phi) is 9.90. The van der Waals surface area contributed by atoms with Gasteiger partial charge in [-0.25, -0.2) is 10.2 Å². The molecule has 0 bridgehead atoms. The summed E-state index contributed by atoms with van der Waals surface area (Å²) in [6.07, 6.45) is 3.46. The van der Waals surface area contributed by atoms with E-state index in [1.165, 1.54) is 27.5 Å². The first kappa shape index (κ1) is 27.1. The Morgan fingerprint density at radius 1 is 0.811 bits per heavy atom. The molecule has 0 radical (unpaired) electrons. The molecule has 0 aliphatic heterocycles. The molecule has 9 nitrogen and oxygen atoms in total. The predicted molar refractivity (Wildman–Crippen MR) is 139 cm³/mol. The standard InChI is InChI=1S/C28H30N2O7/c1-5-6-15-36-22-11-8-20(9-12-22)28(32)37-24-13-7-19(16-25(24)34-3)18-29-30-27(31)21-10-14-23(33-2)26(17-21)35-4/h7-14,16-18H,5-6,15H2,1-4H3,(H,30,31). The van der Waals surface area contributed by atoms with Gasteiger partial charge in [0.1, 0.15) is 5.75 Å². The Balaban J connectivity index is 1.62. The molecule has 0 aliphatic rings. The van der Waals surface area contributed by atoms with Gasteiger partial charge in [0.25, 0.3) is 5.91 Å². The molecule has 0 unspecified atom stereocenters. The van der Waals surface area contributed by atoms with Crippen LogP contribution in [0.25, 0.3) is 0 Å². The van der Waals surface area contributed by atoms with Crippen molar-refractivity contribution in [1.29, 1.82) is 0 Å². The van der Waals surface area contributed by atoms with Crippen LogP contribution in [0.4, 0.5) is 0 Å². The summed E-state index contributed by atoms with van der Waals surface area (Å²) >= 11 is 0. The van der Waals surface area contributed by atoms with E-state index < -0.39 is 11.9 Å². The van der Waals surface area contributed by atoms with Crippen molar-refractivity contribution in [2.45, 2.75) is 19.8 Å². The number of carbonyl (C=O) groups is 2. The van der Waals surface area contributed by atoms with Gasteiger partial charge in [0.15, 0.2) is 23.0 Å². The molecule has 3 aromatic carbocycles. The maximum Gasteiger partial charge on any atom is 0.343 e. The topological polar surface area (TPSA) is 105 Å². The van der Waals surface area contributed by atoms with Gasteiger partial charge in [0.2, 0.25) is 0 Å². The van der Waals surface area contributed by atoms with Gasteiger partial charge >= 0.3 is 5.97 Å². The molecule has 0 fully saturated rings. The Morgan fingerprint density at radius 3 is 2.14 bits per heavy atom. The van der Waals surface area contributed by atoms with Crippen LogP contribution in [-0.2, 0) is 0 Å². The molecule has 0 aromatic heterocycles. The lowest BCUT2D eigenvalue weighted by atomic mass is 10.2. The summed E-state index contributed by atoms with van der Waals surface area (Å²) in [6.45, 7) is 2.73. The van der Waals surface area contributed by atoms with Crippen molar-refractivity contribution in [2.24, 2.45) is 5.10 Å². The van der Waals surface area contributed by atoms with Crippen molar-refractivity contribution in [3.63, 3.8) is 0 Å². The maximum absolute atomic E-state index is 12.6. The Labute approximate surface area is 216 Å². The zero-order valence-corrected chi connectivity index (χ0v) is 21.3. The molecular weight excluding hydrogens is 476 g/mol. The number of hydrogen-bond acceptors (Lipinski definition) is 8. The number of carbonyl (C=O) groups excluding carboxylic acids is 2. The Hall–Kier alpha value is -4.53. The lowest BCUT2D eigenvalue weighted by Crippen LogP contribution is -2.17. The van der Waals surface area contributed by atoms with Crippen LogP contribution in [0.5, 0.6) is 28.7 Å². The second kappa shape index (κ2) is 13.5. The largest absolute Gasteiger partial charge is 0.494 e. The molecule has 3 rings (SSSR count). The van der Waals surface area contributed by atoms with Crippen LogP contribution in [0.2, 0.25) is 0 Å². The van der Waals surface area contributed by atoms with E-state index in [9.17, 15) is 9.59 Å². The minimum atomic E-state index is -0.526. The van der Waals surface area contributed by atoms with Crippen molar-refractivity contribution in [3.8, 4) is 28.7 Å². The Bertz CT molecular complexity index is 1240. The highest BCUT2D eigenvalue weighted by Gasteiger charge is 2.14. The van der Waals surface area contributed by atoms with Gasteiger partial charge in [-0.1, -0.05) is 13.3 Å². The third-order valence-electron chi connectivity index (χ3n) is 5.27. The average molecular weight is 507 g/mol. The minimum absolute atomic E-state index is 0.252. The van der Waals surface area contributed by atoms with Crippen LogP contribution in [-0.4, -0.2) is 46.0 Å². The molecule has 9 heteroatoms. The second-order valence-corrected chi connectivity index (χ2v) is 7.80. The molecule has 0 saturated carbocycles. The fourth-order valence-corrected chi connectivity index (χ4v) is 3.24. The van der Waals surface area contributed by atoms with E-state index in [4.69, 9.17) is 23.7 Å². The molecule has 3 aromatic rings. The number of hydrazone groups is 1. The van der Waals surface area contributed by atoms with Crippen molar-refractivity contribution in [2.75, 3.05) is 27.9 Å². The molecule has 0 heterocycles. The number of nitrogens with zero attached hydrogens (tertiary/aromatic N) is 1. The summed E-state index contributed by atoms with van der Waals surface area (Å²) in [5.41, 5.74) is 3.82. The van der Waals surface area contributed by atoms with E-state index in [1.807, 2.05) is 0 Å². The van der Waals surface area contributed by atoms with Crippen LogP contribution >= 0.6 is 0 Å². The van der Waals surface area contributed by atoms with Crippen molar-refractivity contribution < 1.29 is 33.3 Å². The lowest BCUT2D eigenvalue weighted by molar-refractivity contribution is 0.0729. The molecular formula is C28H30N2O7. The van der Waals surface area contributed by atoms with Crippen LogP contribution < -0.4 is 29.1 Å². The summed E-state index contributed by atoms with van der Waals surface area (Å²) in [5.74, 6) is 1.29. The van der Waals surface area contributed by atoms with Crippen LogP contribution in [0.3, 0.4) is 0 Å². The van der Waals surface area contributed by atoms with Gasteiger partial charge < -0.3 is 23.7 Å². The zero-order chi connectivity index (χ0) is 26.6. The highest BCUT2D eigenvalue weighted by molar-refractivity contribution is 5.95. The molecule has 0 spiro atoms. The summed E-state index contributed by atoms with van der Waals surface area (Å²) in [7, 11) is 4.48. The summed E-state index contributed by atoms with van der Waals surface area (Å²) < 4.78 is 26.9. The van der Waals surface area contributed by atoms with E-state index >= 15 is 0 Å². The van der Waals surface area contributed by atoms with E-state index in [0.717, 1.165) is 12.8 Å². The number of rotatable bonds is 12. The molecule has 1 amide bonds. The van der Waals surface area contributed by atoms with E-state index in [2.05, 4.69) is 17.5 Å². The fourth-order valence-electron chi connectivity index (χ4n) is 3.24. The maximum atomic E-state index is 12.6. The first-order chi connectivity index (χ1) is 18.0. The highest BCUT2D eigenvalue weighted by Crippen LogP contribution is 2.29. The third kappa shape index (κ3) is 7.47. The third-order valence-corrected chi connectivity index (χ3v) is 5.27. The highest BCUT2D eigenvalue weighted by atomic mass is 16.6. The number of nitrogens with one attached hydrogen (secondary N) is 1. The minimum Gasteiger partial charge on any atom is -0.494 e. The second-order valence-electron chi connectivity index (χ2n) is 7.80. The number of esters is 1. The Morgan fingerprint density at radius 2 is 1.46 bits per heavy atom. The van der Waals surface area contributed by atoms with Gasteiger partial charge in [-0.15, -0.1) is 0 Å². The number of unbranched alkanes of at least 4 members (excludes halogenated alkanes) is 1. The van der Waals surface area contributed by atoms with Crippen molar-refractivity contribution in [1.82, 2.24) is 5.43 Å². The average Bonchev–Trinajstić information content (AvgIpc) is 2.93. The molecule has 0 saturated heterocycles. The van der Waals surface area contributed by atoms with E-state index in [1.54, 1.807) is 60.7 Å². The predicted octanol–water partition coefficient (Wildman–Crippen LogP) is 4.87. The SMILES string of the molecule is CCCCOc1ccc(C(=O)Oc2ccc(C=NNC(=O)c3ccc(OC)c(OC)c3)cc2OC)cc1. The van der Waals surface area contributed by atoms with Crippen LogP contribution in [0.15, 0.2) is 65.8 Å². The number of amides is 1. The molecule has 0 aliphatic carbocycles. The zero-order valence-electron chi connectivity index (χ0n) is 21.3. The monoisotopic (exact) mass is 506 g/mol. The first-order valence-corrected chi connectivity index (χ1v) is 11.7. The number of benzene rings is 3. The van der Waals surface area contributed by atoms with E-state index in [0.29, 0.717) is 46.3 Å². The molecule has 194 valence electrons. The molecule has 0 atom stereocenters. The van der Waals surface area contributed by atoms with Crippen molar-refractivity contribution >= 4 is 18.1 Å². The number of methoxy groups -OCH3 is 3. The van der Waals surface area contributed by atoms with Gasteiger partial charge in [-0.2, -0.15) is 5.10 Å². The molecule has 1 N–H and O–H groups in total. The molecule has 37 heavy (non-hydrogen) atoms. The first-order valence-electron chi connectivity index (χ1n) is 11.7. The summed E-state index contributed by atoms with van der Waals surface area (Å²) in [4.78, 5) is 25.0. The van der Waals surface area contributed by atoms with Crippen molar-refractivity contribution in [3.05, 3.63) is 77.4 Å². The van der Waals surface area contributed by atoms with Crippen LogP contribution in [0, 0.1) is 0 Å². The quantitative estimate of drug-likeness (QED) is 0.123. The smallest absolute Gasteiger partial charge is 0.343 e. The normalized spacial score (nSPS) is 10.6. The van der Waals surface area contributed by atoms with Gasteiger partial charge in [0.05, 0.1) is 39.7 Å². The summed E-state index contributed by atoms with van der Waals surface area (Å²) in [5, 5.41) is 3.99. The number of hydrogen-bond donors (Lipinski definition) is 1. The van der Waals surface area contributed by atoms with Gasteiger partial charge in [-0.3, -0.25) is 4.79 Å². The van der Waals surface area contributed by atoms with Gasteiger partial charge in [0, 0.05) is 5.56 Å².